The van der Waals surface area contributed by atoms with E-state index < -0.39 is 0 Å². The third-order valence-electron chi connectivity index (χ3n) is 6.13. The molecule has 4 rings (SSSR count). The van der Waals surface area contributed by atoms with Crippen molar-refractivity contribution in [3.05, 3.63) is 21.9 Å². The van der Waals surface area contributed by atoms with Crippen LogP contribution in [0.4, 0.5) is 0 Å². The fraction of sp³-hybridized carbons (Fsp3) is 0.778. The summed E-state index contributed by atoms with van der Waals surface area (Å²) < 4.78 is 0. The summed E-state index contributed by atoms with van der Waals surface area (Å²) in [7, 11) is 0. The smallest absolute Gasteiger partial charge is 0.0449 e. The Kier molecular flexibility index (Phi) is 3.42. The van der Waals surface area contributed by atoms with Crippen molar-refractivity contribution >= 4 is 11.3 Å². The molecule has 5 atom stereocenters. The summed E-state index contributed by atoms with van der Waals surface area (Å²) in [6, 6.07) is 5.43. The Balaban J connectivity index is 1.54. The van der Waals surface area contributed by atoms with Crippen LogP contribution in [0.3, 0.4) is 0 Å². The van der Waals surface area contributed by atoms with Gasteiger partial charge in [0.25, 0.3) is 0 Å². The largest absolute Gasteiger partial charge is 0.309 e. The zero-order chi connectivity index (χ0) is 13.7. The van der Waals surface area contributed by atoms with Crippen molar-refractivity contribution in [3.8, 4) is 0 Å². The monoisotopic (exact) mass is 289 g/mol. The molecule has 2 heteroatoms. The third kappa shape index (κ3) is 1.99. The van der Waals surface area contributed by atoms with Gasteiger partial charge in [-0.05, 0) is 80.4 Å². The zero-order valence-electron chi connectivity index (χ0n) is 12.8. The molecule has 3 aliphatic rings. The van der Waals surface area contributed by atoms with E-state index in [2.05, 4.69) is 42.6 Å². The second-order valence-corrected chi connectivity index (χ2v) is 8.35. The highest BCUT2D eigenvalue weighted by Crippen LogP contribution is 2.72. The second kappa shape index (κ2) is 5.14. The van der Waals surface area contributed by atoms with Crippen LogP contribution in [0.1, 0.15) is 55.3 Å². The van der Waals surface area contributed by atoms with E-state index in [1.54, 1.807) is 16.2 Å². The minimum Gasteiger partial charge on any atom is -0.309 e. The van der Waals surface area contributed by atoms with Gasteiger partial charge in [-0.3, -0.25) is 0 Å². The first-order valence-electron chi connectivity index (χ1n) is 8.65. The molecule has 1 heterocycles. The van der Waals surface area contributed by atoms with Crippen LogP contribution >= 0.6 is 11.3 Å². The van der Waals surface area contributed by atoms with Crippen LogP contribution in [0.2, 0.25) is 0 Å². The van der Waals surface area contributed by atoms with Gasteiger partial charge < -0.3 is 5.32 Å². The molecule has 0 radical (unpaired) electrons. The predicted molar refractivity (Wildman–Crippen MR) is 86.0 cm³/mol. The number of nitrogens with one attached hydrogen (secondary N) is 1. The lowest BCUT2D eigenvalue weighted by Gasteiger charge is -2.21. The Hall–Kier alpha value is -0.340. The highest BCUT2D eigenvalue weighted by molar-refractivity contribution is 7.12. The highest BCUT2D eigenvalue weighted by Gasteiger charge is 2.66. The maximum absolute atomic E-state index is 3.89. The summed E-state index contributed by atoms with van der Waals surface area (Å²) in [5.74, 6) is 5.31. The van der Waals surface area contributed by atoms with E-state index in [1.807, 2.05) is 0 Å². The van der Waals surface area contributed by atoms with E-state index in [9.17, 15) is 0 Å². The van der Waals surface area contributed by atoms with Crippen LogP contribution in [-0.2, 0) is 6.42 Å². The molecular weight excluding hydrogens is 262 g/mol. The number of hydrogen-bond donors (Lipinski definition) is 1. The molecule has 0 aromatic carbocycles. The molecule has 3 saturated carbocycles. The van der Waals surface area contributed by atoms with Crippen molar-refractivity contribution in [2.45, 2.75) is 52.0 Å². The van der Waals surface area contributed by atoms with Crippen LogP contribution in [0.5, 0.6) is 0 Å². The fourth-order valence-electron chi connectivity index (χ4n) is 5.32. The molecule has 110 valence electrons. The summed E-state index contributed by atoms with van der Waals surface area (Å²) >= 11 is 2.06. The molecule has 5 unspecified atom stereocenters. The molecule has 1 N–H and O–H groups in total. The van der Waals surface area contributed by atoms with Gasteiger partial charge in [0.1, 0.15) is 0 Å². The Morgan fingerprint density at radius 3 is 2.55 bits per heavy atom. The average Bonchev–Trinajstić information content (AvgIpc) is 2.89. The molecule has 1 nitrogen and oxygen atoms in total. The second-order valence-electron chi connectivity index (χ2n) is 7.15. The van der Waals surface area contributed by atoms with E-state index in [4.69, 9.17) is 0 Å². The summed E-state index contributed by atoms with van der Waals surface area (Å²) in [4.78, 5) is 3.17. The first-order chi connectivity index (χ1) is 9.83. The van der Waals surface area contributed by atoms with Crippen LogP contribution in [0.15, 0.2) is 12.1 Å². The summed E-state index contributed by atoms with van der Waals surface area (Å²) in [6.45, 7) is 5.73. The molecular formula is C18H27NS. The molecule has 0 aliphatic heterocycles. The maximum Gasteiger partial charge on any atom is 0.0449 e. The first-order valence-corrected chi connectivity index (χ1v) is 9.47. The molecule has 0 spiro atoms. The summed E-state index contributed by atoms with van der Waals surface area (Å²) in [5.41, 5.74) is 0. The van der Waals surface area contributed by atoms with E-state index in [0.29, 0.717) is 6.04 Å². The number of thiophene rings is 1. The number of aryl methyl sites for hydroxylation is 1. The Morgan fingerprint density at radius 1 is 1.20 bits per heavy atom. The minimum absolute atomic E-state index is 0.665. The van der Waals surface area contributed by atoms with E-state index in [1.165, 1.54) is 32.2 Å². The van der Waals surface area contributed by atoms with Crippen molar-refractivity contribution in [3.63, 3.8) is 0 Å². The van der Waals surface area contributed by atoms with Crippen LogP contribution in [0.25, 0.3) is 0 Å². The molecule has 3 fully saturated rings. The summed E-state index contributed by atoms with van der Waals surface area (Å²) in [6.07, 6.45) is 7.07. The third-order valence-corrected chi connectivity index (χ3v) is 7.44. The van der Waals surface area contributed by atoms with Crippen molar-refractivity contribution in [1.29, 1.82) is 0 Å². The lowest BCUT2D eigenvalue weighted by atomic mass is 9.96. The van der Waals surface area contributed by atoms with Gasteiger partial charge in [0.2, 0.25) is 0 Å². The maximum atomic E-state index is 3.89. The molecule has 1 aromatic heterocycles. The topological polar surface area (TPSA) is 12.0 Å². The van der Waals surface area contributed by atoms with Gasteiger partial charge in [-0.2, -0.15) is 0 Å². The molecule has 3 aliphatic carbocycles. The molecule has 1 aromatic rings. The van der Waals surface area contributed by atoms with Gasteiger partial charge in [-0.1, -0.05) is 13.8 Å². The standard InChI is InChI=1S/C18H27NS/c1-3-9-19-18(14-8-7-13(4-2)20-14)17-15-11-5-6-12(10-11)16(15)17/h7-8,11-12,15-19H,3-6,9-10H2,1-2H3. The van der Waals surface area contributed by atoms with Gasteiger partial charge in [0.15, 0.2) is 0 Å². The highest BCUT2D eigenvalue weighted by atomic mass is 32.1. The van der Waals surface area contributed by atoms with Gasteiger partial charge >= 0.3 is 0 Å². The van der Waals surface area contributed by atoms with E-state index in [0.717, 1.165) is 29.6 Å². The Bertz CT molecular complexity index is 464. The van der Waals surface area contributed by atoms with E-state index >= 15 is 0 Å². The quantitative estimate of drug-likeness (QED) is 0.804. The SMILES string of the molecule is CCCNC(c1ccc(CC)s1)C1C2C3CCC(C3)C21. The van der Waals surface area contributed by atoms with Crippen molar-refractivity contribution in [1.82, 2.24) is 5.32 Å². The Morgan fingerprint density at radius 2 is 1.95 bits per heavy atom. The lowest BCUT2D eigenvalue weighted by Crippen LogP contribution is -2.25. The lowest BCUT2D eigenvalue weighted by molar-refractivity contribution is 0.374. The molecule has 0 saturated heterocycles. The van der Waals surface area contributed by atoms with Gasteiger partial charge in [-0.15, -0.1) is 11.3 Å². The summed E-state index contributed by atoms with van der Waals surface area (Å²) in [5, 5.41) is 3.89. The normalized spacial score (nSPS) is 39.0. The van der Waals surface area contributed by atoms with Crippen molar-refractivity contribution < 1.29 is 0 Å². The fourth-order valence-corrected chi connectivity index (χ4v) is 6.40. The average molecular weight is 289 g/mol. The van der Waals surface area contributed by atoms with Crippen LogP contribution in [0, 0.1) is 29.6 Å². The molecule has 20 heavy (non-hydrogen) atoms. The van der Waals surface area contributed by atoms with E-state index in [-0.39, 0.29) is 0 Å². The molecule has 2 bridgehead atoms. The predicted octanol–water partition coefficient (Wildman–Crippen LogP) is 4.64. The van der Waals surface area contributed by atoms with Gasteiger partial charge in [0.05, 0.1) is 0 Å². The van der Waals surface area contributed by atoms with Gasteiger partial charge in [0, 0.05) is 15.8 Å². The number of rotatable bonds is 6. The molecule has 0 amide bonds. The van der Waals surface area contributed by atoms with Crippen molar-refractivity contribution in [2.75, 3.05) is 6.54 Å². The van der Waals surface area contributed by atoms with Crippen LogP contribution in [-0.4, -0.2) is 6.54 Å². The Labute approximate surface area is 127 Å². The van der Waals surface area contributed by atoms with Gasteiger partial charge in [-0.25, -0.2) is 0 Å². The number of fused-ring (bicyclic) bond motifs is 5. The minimum atomic E-state index is 0.665. The van der Waals surface area contributed by atoms with Crippen molar-refractivity contribution in [2.24, 2.45) is 29.6 Å². The van der Waals surface area contributed by atoms with Crippen LogP contribution < -0.4 is 5.32 Å². The zero-order valence-corrected chi connectivity index (χ0v) is 13.6. The first kappa shape index (κ1) is 13.3. The number of hydrogen-bond acceptors (Lipinski definition) is 2.